The normalized spacial score (nSPS) is 17.8. The molecule has 0 amide bonds. The molecule has 8 rings (SSSR count). The number of thiazole rings is 1. The first-order valence-corrected chi connectivity index (χ1v) is 27.1. The SMILES string of the molecule is CC(C)(C)[Si](C)(C)O[C@@H](CCCc1ccc2c(c1)sc(=O)n2CCCN1CCC2(CC1)CC(OC(=O)C(O)(c1cccs1)c1cccs1)C2)c1ccc(O)c2c1C=CC(=O)C2. The first-order valence-electron chi connectivity index (χ1n) is 21.6. The van der Waals surface area contributed by atoms with Crippen LogP contribution in [0, 0.1) is 5.41 Å². The van der Waals surface area contributed by atoms with Crippen LogP contribution in [-0.2, 0) is 43.7 Å². The van der Waals surface area contributed by atoms with Crippen molar-refractivity contribution in [3.05, 3.63) is 113 Å². The maximum atomic E-state index is 13.4. The van der Waals surface area contributed by atoms with E-state index in [1.54, 1.807) is 24.3 Å². The number of aromatic hydroxyl groups is 1. The number of hydrogen-bond acceptors (Lipinski definition) is 11. The summed E-state index contributed by atoms with van der Waals surface area (Å²) in [5, 5.41) is 26.0. The number of benzene rings is 2. The molecule has 1 saturated carbocycles. The van der Waals surface area contributed by atoms with Crippen molar-refractivity contribution in [3.8, 4) is 5.75 Å². The number of allylic oxidation sites excluding steroid dienone is 1. The lowest BCUT2D eigenvalue weighted by Gasteiger charge is -2.51. The molecule has 3 aliphatic rings. The average molecular weight is 899 g/mol. The van der Waals surface area contributed by atoms with Gasteiger partial charge in [-0.2, -0.15) is 0 Å². The highest BCUT2D eigenvalue weighted by molar-refractivity contribution is 7.16. The molecule has 2 N–H and O–H groups in total. The van der Waals surface area contributed by atoms with Crippen LogP contribution in [0.15, 0.2) is 76.2 Å². The number of ketones is 1. The van der Waals surface area contributed by atoms with Crippen molar-refractivity contribution in [1.29, 1.82) is 0 Å². The van der Waals surface area contributed by atoms with Crippen LogP contribution >= 0.6 is 34.0 Å². The van der Waals surface area contributed by atoms with E-state index in [1.165, 1.54) is 39.6 Å². The van der Waals surface area contributed by atoms with Gasteiger partial charge < -0.3 is 24.3 Å². The van der Waals surface area contributed by atoms with E-state index in [1.807, 2.05) is 39.6 Å². The Morgan fingerprint density at radius 1 is 0.951 bits per heavy atom. The van der Waals surface area contributed by atoms with E-state index >= 15 is 0 Å². The Bertz CT molecular complexity index is 2410. The Hall–Kier alpha value is -3.69. The molecular weight excluding hydrogens is 841 g/mol. The van der Waals surface area contributed by atoms with Crippen molar-refractivity contribution >= 4 is 70.4 Å². The number of likely N-dealkylation sites (tertiary alicyclic amines) is 1. The largest absolute Gasteiger partial charge is 0.508 e. The lowest BCUT2D eigenvalue weighted by molar-refractivity contribution is -0.181. The molecule has 1 aliphatic heterocycles. The van der Waals surface area contributed by atoms with Gasteiger partial charge in [-0.3, -0.25) is 14.2 Å². The quantitative estimate of drug-likeness (QED) is 0.0788. The van der Waals surface area contributed by atoms with E-state index in [-0.39, 0.29) is 45.5 Å². The van der Waals surface area contributed by atoms with Crippen molar-refractivity contribution in [3.63, 3.8) is 0 Å². The van der Waals surface area contributed by atoms with Crippen molar-refractivity contribution in [2.45, 2.75) is 121 Å². The molecule has 2 fully saturated rings. The van der Waals surface area contributed by atoms with Gasteiger partial charge in [-0.25, -0.2) is 4.79 Å². The van der Waals surface area contributed by atoms with Crippen molar-refractivity contribution in [2.24, 2.45) is 5.41 Å². The summed E-state index contributed by atoms with van der Waals surface area (Å²) in [4.78, 5) is 42.7. The Balaban J connectivity index is 0.829. The fraction of sp³-hybridized carbons (Fsp3) is 0.479. The van der Waals surface area contributed by atoms with Gasteiger partial charge in [0.15, 0.2) is 14.1 Å². The topological polar surface area (TPSA) is 118 Å². The molecule has 5 aromatic rings. The molecule has 13 heteroatoms. The summed E-state index contributed by atoms with van der Waals surface area (Å²) in [6.07, 6.45) is 10.5. The highest BCUT2D eigenvalue weighted by atomic mass is 32.1. The average Bonchev–Trinajstić information content (AvgIpc) is 4.01. The van der Waals surface area contributed by atoms with Gasteiger partial charge in [-0.05, 0) is 158 Å². The Labute approximate surface area is 371 Å². The second kappa shape index (κ2) is 17.5. The van der Waals surface area contributed by atoms with Gasteiger partial charge in [0.25, 0.3) is 0 Å². The minimum atomic E-state index is -2.16. The fourth-order valence-electron chi connectivity index (χ4n) is 9.15. The summed E-state index contributed by atoms with van der Waals surface area (Å²) in [5.41, 5.74) is 3.22. The molecule has 324 valence electrons. The number of piperidine rings is 1. The van der Waals surface area contributed by atoms with Gasteiger partial charge in [-0.1, -0.05) is 62.4 Å². The van der Waals surface area contributed by atoms with Crippen LogP contribution in [0.1, 0.15) is 104 Å². The third-order valence-corrected chi connectivity index (χ3v) is 21.2. The van der Waals surface area contributed by atoms with Gasteiger partial charge in [0, 0.05) is 18.5 Å². The second-order valence-electron chi connectivity index (χ2n) is 18.9. The molecule has 1 atom stereocenters. The molecule has 4 heterocycles. The highest BCUT2D eigenvalue weighted by Crippen LogP contribution is 2.51. The summed E-state index contributed by atoms with van der Waals surface area (Å²) in [7, 11) is -2.16. The lowest BCUT2D eigenvalue weighted by Crippen LogP contribution is -2.52. The number of thiophene rings is 2. The Morgan fingerprint density at radius 2 is 1.66 bits per heavy atom. The van der Waals surface area contributed by atoms with Crippen molar-refractivity contribution < 1.29 is 29.0 Å². The number of fused-ring (bicyclic) bond motifs is 2. The van der Waals surface area contributed by atoms with Crippen LogP contribution < -0.4 is 4.87 Å². The standard InChI is InChI=1S/C48H58N2O7S3Si/c1-46(2,3)61(4,5)57-40(36-17-19-39(52)37-29-33(51)15-16-35(36)37)11-6-10-32-14-18-38-41(28-32)60-45(54)50(38)23-9-22-49-24-20-47(21-25-49)30-34(31-47)56-44(53)48(55,42-12-7-26-58-42)43-13-8-27-59-43/h7-8,12-19,26-28,34,40,52,55H,6,9-11,20-25,29-31H2,1-5H3/t40-/m0/s1. The summed E-state index contributed by atoms with van der Waals surface area (Å²) in [6, 6.07) is 17.4. The fourth-order valence-corrected chi connectivity index (χ4v) is 13.2. The van der Waals surface area contributed by atoms with Crippen LogP contribution in [0.5, 0.6) is 5.75 Å². The van der Waals surface area contributed by atoms with E-state index in [2.05, 4.69) is 57.0 Å². The number of carbonyl (C=O) groups excluding carboxylic acids is 2. The number of phenols is 1. The summed E-state index contributed by atoms with van der Waals surface area (Å²) >= 11 is 4.05. The van der Waals surface area contributed by atoms with E-state index < -0.39 is 19.9 Å². The maximum absolute atomic E-state index is 13.4. The molecule has 1 spiro atoms. The number of aliphatic hydroxyl groups is 1. The zero-order valence-electron chi connectivity index (χ0n) is 35.9. The van der Waals surface area contributed by atoms with Crippen LogP contribution in [-0.4, -0.2) is 65.5 Å². The smallest absolute Gasteiger partial charge is 0.349 e. The monoisotopic (exact) mass is 898 g/mol. The summed E-state index contributed by atoms with van der Waals surface area (Å²) in [5.74, 6) is -0.434. The minimum Gasteiger partial charge on any atom is -0.508 e. The van der Waals surface area contributed by atoms with E-state index in [0.717, 1.165) is 92.3 Å². The van der Waals surface area contributed by atoms with Crippen LogP contribution in [0.3, 0.4) is 0 Å². The number of aromatic nitrogens is 1. The van der Waals surface area contributed by atoms with Crippen molar-refractivity contribution in [2.75, 3.05) is 19.6 Å². The lowest BCUT2D eigenvalue weighted by atomic mass is 9.61. The number of rotatable bonds is 15. The van der Waals surface area contributed by atoms with Crippen molar-refractivity contribution in [1.82, 2.24) is 9.47 Å². The Morgan fingerprint density at radius 3 is 2.31 bits per heavy atom. The number of nitrogens with zero attached hydrogens (tertiary/aromatic N) is 2. The molecule has 0 bridgehead atoms. The van der Waals surface area contributed by atoms with Gasteiger partial charge in [-0.15, -0.1) is 22.7 Å². The summed E-state index contributed by atoms with van der Waals surface area (Å²) in [6.45, 7) is 14.9. The van der Waals surface area contributed by atoms with E-state index in [4.69, 9.17) is 9.16 Å². The minimum absolute atomic E-state index is 0.00780. The Kier molecular flexibility index (Phi) is 12.6. The molecule has 3 aromatic heterocycles. The first-order chi connectivity index (χ1) is 29.0. The molecule has 1 saturated heterocycles. The van der Waals surface area contributed by atoms with Gasteiger partial charge in [0.2, 0.25) is 5.60 Å². The molecule has 2 aliphatic carbocycles. The molecule has 9 nitrogen and oxygen atoms in total. The number of hydrogen-bond donors (Lipinski definition) is 2. The first kappa shape index (κ1) is 43.9. The molecule has 2 aromatic carbocycles. The number of aryl methyl sites for hydroxylation is 2. The van der Waals surface area contributed by atoms with Crippen LogP contribution in [0.2, 0.25) is 18.1 Å². The number of carbonyl (C=O) groups is 2. The predicted molar refractivity (Wildman–Crippen MR) is 249 cm³/mol. The van der Waals surface area contributed by atoms with Crippen LogP contribution in [0.4, 0.5) is 0 Å². The van der Waals surface area contributed by atoms with E-state index in [0.29, 0.717) is 21.9 Å². The summed E-state index contributed by atoms with van der Waals surface area (Å²) < 4.78 is 16.0. The molecule has 0 unspecified atom stereocenters. The molecular formula is C48H58N2O7S3Si. The predicted octanol–water partition coefficient (Wildman–Crippen LogP) is 10.2. The van der Waals surface area contributed by atoms with Gasteiger partial charge in [0.05, 0.1) is 26.1 Å². The molecule has 0 radical (unpaired) electrons. The zero-order chi connectivity index (χ0) is 43.2. The number of phenolic OH excluding ortho intramolecular Hbond substituents is 1. The number of ether oxygens (including phenoxy) is 1. The van der Waals surface area contributed by atoms with Gasteiger partial charge >= 0.3 is 10.8 Å². The zero-order valence-corrected chi connectivity index (χ0v) is 39.4. The third kappa shape index (κ3) is 9.07. The second-order valence-corrected chi connectivity index (χ2v) is 26.6. The van der Waals surface area contributed by atoms with Crippen LogP contribution in [0.25, 0.3) is 16.3 Å². The van der Waals surface area contributed by atoms with Gasteiger partial charge in [0.1, 0.15) is 11.9 Å². The van der Waals surface area contributed by atoms with E-state index in [9.17, 15) is 24.6 Å². The number of esters is 1. The molecule has 61 heavy (non-hydrogen) atoms. The third-order valence-electron chi connectivity index (χ3n) is 13.8. The maximum Gasteiger partial charge on any atom is 0.349 e. The highest BCUT2D eigenvalue weighted by Gasteiger charge is 2.51.